The van der Waals surface area contributed by atoms with Crippen molar-refractivity contribution < 1.29 is 4.74 Å². The normalized spacial score (nSPS) is 15.8. The second kappa shape index (κ2) is 3.24. The van der Waals surface area contributed by atoms with E-state index in [2.05, 4.69) is 4.98 Å². The number of nitrogens with two attached hydrogens (primary N) is 1. The van der Waals surface area contributed by atoms with E-state index in [1.807, 2.05) is 13.0 Å². The average molecular weight is 178 g/mol. The van der Waals surface area contributed by atoms with Crippen LogP contribution in [0.5, 0.6) is 5.88 Å². The highest BCUT2D eigenvalue weighted by molar-refractivity contribution is 5.54. The molecule has 3 heteroatoms. The summed E-state index contributed by atoms with van der Waals surface area (Å²) >= 11 is 0. The van der Waals surface area contributed by atoms with E-state index in [9.17, 15) is 0 Å². The van der Waals surface area contributed by atoms with E-state index >= 15 is 0 Å². The second-order valence-electron chi connectivity index (χ2n) is 3.33. The Hall–Kier alpha value is -1.25. The van der Waals surface area contributed by atoms with Gasteiger partial charge in [0.15, 0.2) is 0 Å². The first kappa shape index (κ1) is 8.35. The van der Waals surface area contributed by atoms with Crippen molar-refractivity contribution in [1.82, 2.24) is 4.98 Å². The van der Waals surface area contributed by atoms with Crippen molar-refractivity contribution >= 4 is 5.69 Å². The molecular weight excluding hydrogens is 164 g/mol. The number of hydrogen-bond acceptors (Lipinski definition) is 3. The molecule has 0 aliphatic heterocycles. The van der Waals surface area contributed by atoms with E-state index in [4.69, 9.17) is 10.5 Å². The third-order valence-electron chi connectivity index (χ3n) is 2.25. The molecule has 0 spiro atoms. The summed E-state index contributed by atoms with van der Waals surface area (Å²) in [6.07, 6.45) is 4.14. The lowest BCUT2D eigenvalue weighted by atomic mass is 10.1. The fourth-order valence-electron chi connectivity index (χ4n) is 1.50. The Labute approximate surface area is 77.9 Å². The molecule has 1 aliphatic carbocycles. The standard InChI is InChI=1S/C10H14N2O/c1-2-13-10-9(7-3-4-7)8(11)5-6-12-10/h5-7H,2-4H2,1H3,(H2,11,12). The number of hydrogen-bond donors (Lipinski definition) is 1. The molecule has 0 aromatic carbocycles. The van der Waals surface area contributed by atoms with Crippen LogP contribution in [0.1, 0.15) is 31.2 Å². The maximum absolute atomic E-state index is 5.87. The molecule has 2 rings (SSSR count). The number of ether oxygens (including phenoxy) is 1. The van der Waals surface area contributed by atoms with Gasteiger partial charge in [-0.15, -0.1) is 0 Å². The van der Waals surface area contributed by atoms with Crippen LogP contribution in [0.4, 0.5) is 5.69 Å². The maximum Gasteiger partial charge on any atom is 0.218 e. The smallest absolute Gasteiger partial charge is 0.218 e. The number of rotatable bonds is 3. The lowest BCUT2D eigenvalue weighted by molar-refractivity contribution is 0.323. The average Bonchev–Trinajstić information content (AvgIpc) is 2.88. The zero-order chi connectivity index (χ0) is 9.26. The van der Waals surface area contributed by atoms with Crippen LogP contribution in [0.3, 0.4) is 0 Å². The molecule has 1 heterocycles. The lowest BCUT2D eigenvalue weighted by Crippen LogP contribution is -2.01. The summed E-state index contributed by atoms with van der Waals surface area (Å²) < 4.78 is 5.43. The van der Waals surface area contributed by atoms with Crippen molar-refractivity contribution in [3.05, 3.63) is 17.8 Å². The minimum Gasteiger partial charge on any atom is -0.478 e. The van der Waals surface area contributed by atoms with E-state index in [0.29, 0.717) is 12.5 Å². The highest BCUT2D eigenvalue weighted by atomic mass is 16.5. The Balaban J connectivity index is 2.35. The van der Waals surface area contributed by atoms with Crippen molar-refractivity contribution in [2.75, 3.05) is 12.3 Å². The van der Waals surface area contributed by atoms with Crippen molar-refractivity contribution in [3.8, 4) is 5.88 Å². The molecule has 1 aliphatic rings. The zero-order valence-electron chi connectivity index (χ0n) is 7.79. The van der Waals surface area contributed by atoms with Crippen molar-refractivity contribution in [2.45, 2.75) is 25.7 Å². The van der Waals surface area contributed by atoms with Crippen LogP contribution in [-0.4, -0.2) is 11.6 Å². The fourth-order valence-corrected chi connectivity index (χ4v) is 1.50. The van der Waals surface area contributed by atoms with E-state index in [1.165, 1.54) is 12.8 Å². The molecule has 0 bridgehead atoms. The Bertz CT molecular complexity index is 308. The summed E-state index contributed by atoms with van der Waals surface area (Å²) in [5.41, 5.74) is 7.81. The monoisotopic (exact) mass is 178 g/mol. The van der Waals surface area contributed by atoms with Gasteiger partial charge < -0.3 is 10.5 Å². The van der Waals surface area contributed by atoms with Crippen LogP contribution < -0.4 is 10.5 Å². The quantitative estimate of drug-likeness (QED) is 0.769. The SMILES string of the molecule is CCOc1nccc(N)c1C1CC1. The minimum atomic E-state index is 0.593. The molecule has 70 valence electrons. The number of nitrogens with zero attached hydrogens (tertiary/aromatic N) is 1. The predicted molar refractivity (Wildman–Crippen MR) is 51.8 cm³/mol. The molecule has 0 saturated heterocycles. The van der Waals surface area contributed by atoms with Gasteiger partial charge in [0.05, 0.1) is 6.61 Å². The van der Waals surface area contributed by atoms with E-state index in [0.717, 1.165) is 17.1 Å². The van der Waals surface area contributed by atoms with Crippen LogP contribution >= 0.6 is 0 Å². The molecular formula is C10H14N2O. The topological polar surface area (TPSA) is 48.1 Å². The van der Waals surface area contributed by atoms with Crippen LogP contribution in [0.2, 0.25) is 0 Å². The summed E-state index contributed by atoms with van der Waals surface area (Å²) in [6.45, 7) is 2.61. The summed E-state index contributed by atoms with van der Waals surface area (Å²) in [6, 6.07) is 1.84. The van der Waals surface area contributed by atoms with Gasteiger partial charge in [-0.3, -0.25) is 0 Å². The molecule has 1 saturated carbocycles. The Morgan fingerprint density at radius 3 is 3.00 bits per heavy atom. The van der Waals surface area contributed by atoms with Gasteiger partial charge in [0.1, 0.15) is 0 Å². The number of anilines is 1. The van der Waals surface area contributed by atoms with Gasteiger partial charge in [-0.25, -0.2) is 4.98 Å². The molecule has 0 radical (unpaired) electrons. The largest absolute Gasteiger partial charge is 0.478 e. The summed E-state index contributed by atoms with van der Waals surface area (Å²) in [7, 11) is 0. The molecule has 13 heavy (non-hydrogen) atoms. The van der Waals surface area contributed by atoms with Gasteiger partial charge in [0, 0.05) is 17.4 Å². The second-order valence-corrected chi connectivity index (χ2v) is 3.33. The summed E-state index contributed by atoms with van der Waals surface area (Å²) in [5.74, 6) is 1.32. The van der Waals surface area contributed by atoms with Gasteiger partial charge in [0.2, 0.25) is 5.88 Å². The Morgan fingerprint density at radius 2 is 2.38 bits per heavy atom. The van der Waals surface area contributed by atoms with Gasteiger partial charge in [-0.2, -0.15) is 0 Å². The first-order chi connectivity index (χ1) is 6.33. The molecule has 1 aromatic heterocycles. The van der Waals surface area contributed by atoms with E-state index < -0.39 is 0 Å². The first-order valence-electron chi connectivity index (χ1n) is 4.70. The molecule has 3 nitrogen and oxygen atoms in total. The van der Waals surface area contributed by atoms with Crippen LogP contribution in [0, 0.1) is 0 Å². The van der Waals surface area contributed by atoms with Gasteiger partial charge in [-0.05, 0) is 31.7 Å². The first-order valence-corrected chi connectivity index (χ1v) is 4.70. The zero-order valence-corrected chi connectivity index (χ0v) is 7.79. The van der Waals surface area contributed by atoms with Crippen LogP contribution in [0.15, 0.2) is 12.3 Å². The van der Waals surface area contributed by atoms with E-state index in [1.54, 1.807) is 6.20 Å². The number of aromatic nitrogens is 1. The van der Waals surface area contributed by atoms with E-state index in [-0.39, 0.29) is 0 Å². The fraction of sp³-hybridized carbons (Fsp3) is 0.500. The molecule has 0 atom stereocenters. The maximum atomic E-state index is 5.87. The molecule has 0 unspecified atom stereocenters. The number of pyridine rings is 1. The highest BCUT2D eigenvalue weighted by Crippen LogP contribution is 2.46. The van der Waals surface area contributed by atoms with Crippen LogP contribution in [0.25, 0.3) is 0 Å². The van der Waals surface area contributed by atoms with Gasteiger partial charge in [0.25, 0.3) is 0 Å². The Morgan fingerprint density at radius 1 is 1.62 bits per heavy atom. The molecule has 2 N–H and O–H groups in total. The van der Waals surface area contributed by atoms with Gasteiger partial charge in [-0.1, -0.05) is 0 Å². The predicted octanol–water partition coefficient (Wildman–Crippen LogP) is 1.94. The summed E-state index contributed by atoms with van der Waals surface area (Å²) in [4.78, 5) is 4.19. The third-order valence-corrected chi connectivity index (χ3v) is 2.25. The molecule has 1 aromatic rings. The molecule has 0 amide bonds. The van der Waals surface area contributed by atoms with Gasteiger partial charge >= 0.3 is 0 Å². The number of nitrogen functional groups attached to an aromatic ring is 1. The summed E-state index contributed by atoms with van der Waals surface area (Å²) in [5, 5.41) is 0. The Kier molecular flexibility index (Phi) is 2.08. The lowest BCUT2D eigenvalue weighted by Gasteiger charge is -2.09. The highest BCUT2D eigenvalue weighted by Gasteiger charge is 2.29. The van der Waals surface area contributed by atoms with Crippen LogP contribution in [-0.2, 0) is 0 Å². The third kappa shape index (κ3) is 1.59. The minimum absolute atomic E-state index is 0.593. The van der Waals surface area contributed by atoms with Crippen molar-refractivity contribution in [3.63, 3.8) is 0 Å². The van der Waals surface area contributed by atoms with Crippen molar-refractivity contribution in [2.24, 2.45) is 0 Å². The molecule has 1 fully saturated rings. The van der Waals surface area contributed by atoms with Crippen molar-refractivity contribution in [1.29, 1.82) is 0 Å².